The van der Waals surface area contributed by atoms with Gasteiger partial charge in [0.1, 0.15) is 11.4 Å². The third kappa shape index (κ3) is 3.33. The summed E-state index contributed by atoms with van der Waals surface area (Å²) < 4.78 is 23.7. The quantitative estimate of drug-likeness (QED) is 0.373. The van der Waals surface area contributed by atoms with Gasteiger partial charge >= 0.3 is 35.6 Å². The maximum Gasteiger partial charge on any atom is 1.00 e. The van der Waals surface area contributed by atoms with Gasteiger partial charge < -0.3 is 15.1 Å². The second-order valence-corrected chi connectivity index (χ2v) is 1.76. The summed E-state index contributed by atoms with van der Waals surface area (Å²) in [6.45, 7) is 0. The smallest absolute Gasteiger partial charge is 1.00 e. The average Bonchev–Trinajstić information content (AvgIpc) is 2.15. The Kier molecular flexibility index (Phi) is 4.92. The van der Waals surface area contributed by atoms with Gasteiger partial charge in [0.15, 0.2) is 0 Å². The number of nitrogens with zero attached hydrogens (tertiary/aromatic N) is 1. The first-order valence-electron chi connectivity index (χ1n) is 2.06. The van der Waals surface area contributed by atoms with Gasteiger partial charge in [0, 0.05) is 12.4 Å². The van der Waals surface area contributed by atoms with Crippen LogP contribution in [0.4, 0.5) is 0 Å². The van der Waals surface area contributed by atoms with E-state index in [2.05, 4.69) is 14.2 Å². The Balaban J connectivity index is 0. The Hall–Kier alpha value is 0.120. The topological polar surface area (TPSA) is 78.0 Å². The minimum atomic E-state index is -2.54. The van der Waals surface area contributed by atoms with Gasteiger partial charge in [-0.05, 0) is 0 Å². The molecule has 10 heavy (non-hydrogen) atoms. The Labute approximate surface area is 83.5 Å². The molecule has 0 bridgehead atoms. The second-order valence-electron chi connectivity index (χ2n) is 1.18. The third-order valence-electron chi connectivity index (χ3n) is 0.620. The van der Waals surface area contributed by atoms with Crippen LogP contribution in [0.25, 0.3) is 0 Å². The van der Waals surface area contributed by atoms with Crippen molar-refractivity contribution in [3.8, 4) is 6.01 Å². The molecule has 0 amide bonds. The molecule has 1 atom stereocenters. The standard InChI is InChI=1S/C3H4N2O3S.Na.H/c6-9(7)8-3-4-1-2-5-3;;/h1-2H,(H,4,5)(H,6,7);;/q;+1;-1/p-1. The van der Waals surface area contributed by atoms with Crippen LogP contribution in [0.3, 0.4) is 0 Å². The molecule has 0 aromatic carbocycles. The van der Waals surface area contributed by atoms with Crippen molar-refractivity contribution in [1.29, 1.82) is 0 Å². The van der Waals surface area contributed by atoms with Crippen LogP contribution in [-0.4, -0.2) is 18.7 Å². The van der Waals surface area contributed by atoms with Crippen LogP contribution in [0.1, 0.15) is 1.43 Å². The minimum Gasteiger partial charge on any atom is -1.00 e. The summed E-state index contributed by atoms with van der Waals surface area (Å²) in [4.78, 5) is 5.93. The van der Waals surface area contributed by atoms with E-state index in [0.29, 0.717) is 0 Å². The molecule has 1 rings (SSSR count). The number of aromatic amines is 1. The summed E-state index contributed by atoms with van der Waals surface area (Å²) in [6.07, 6.45) is 2.85. The largest absolute Gasteiger partial charge is 1.00 e. The molecule has 1 N–H and O–H groups in total. The summed E-state index contributed by atoms with van der Waals surface area (Å²) in [7, 11) is 0. The molecule has 0 aliphatic rings. The van der Waals surface area contributed by atoms with Gasteiger partial charge in [-0.25, -0.2) is 9.19 Å². The van der Waals surface area contributed by atoms with E-state index in [4.69, 9.17) is 0 Å². The summed E-state index contributed by atoms with van der Waals surface area (Å²) in [5, 5.41) is 0. The van der Waals surface area contributed by atoms with Crippen LogP contribution in [0, 0.1) is 0 Å². The van der Waals surface area contributed by atoms with Crippen molar-refractivity contribution in [2.75, 3.05) is 0 Å². The van der Waals surface area contributed by atoms with Crippen molar-refractivity contribution in [1.82, 2.24) is 9.97 Å². The number of aromatic nitrogens is 2. The van der Waals surface area contributed by atoms with Gasteiger partial charge in [0.25, 0.3) is 0 Å². The average molecular weight is 171 g/mol. The molecule has 5 nitrogen and oxygen atoms in total. The number of H-pyrrole nitrogens is 1. The summed E-state index contributed by atoms with van der Waals surface area (Å²) in [6, 6.07) is -0.0247. The number of hydrogen-bond acceptors (Lipinski definition) is 4. The first-order valence-corrected chi connectivity index (χ1v) is 3.06. The van der Waals surface area contributed by atoms with Crippen LogP contribution in [0.15, 0.2) is 12.4 Å². The van der Waals surface area contributed by atoms with Crippen LogP contribution >= 0.6 is 0 Å². The monoisotopic (exact) mass is 171 g/mol. The predicted molar refractivity (Wildman–Crippen MR) is 29.2 cm³/mol. The molecular weight excluding hydrogens is 167 g/mol. The van der Waals surface area contributed by atoms with Crippen molar-refractivity contribution in [3.05, 3.63) is 12.4 Å². The predicted octanol–water partition coefficient (Wildman–Crippen LogP) is -3.30. The summed E-state index contributed by atoms with van der Waals surface area (Å²) >= 11 is -2.54. The number of rotatable bonds is 2. The zero-order valence-electron chi connectivity index (χ0n) is 6.23. The molecule has 0 spiro atoms. The zero-order valence-corrected chi connectivity index (χ0v) is 8.05. The Bertz CT molecular complexity index is 206. The van der Waals surface area contributed by atoms with E-state index in [1.807, 2.05) is 0 Å². The van der Waals surface area contributed by atoms with E-state index in [-0.39, 0.29) is 37.0 Å². The fourth-order valence-corrected chi connectivity index (χ4v) is 0.581. The summed E-state index contributed by atoms with van der Waals surface area (Å²) in [5.41, 5.74) is 0. The van der Waals surface area contributed by atoms with Gasteiger partial charge in [-0.2, -0.15) is 0 Å². The second kappa shape index (κ2) is 4.86. The fourth-order valence-electron chi connectivity index (χ4n) is 0.361. The summed E-state index contributed by atoms with van der Waals surface area (Å²) in [5.74, 6) is 0. The van der Waals surface area contributed by atoms with E-state index in [9.17, 15) is 8.76 Å². The molecule has 0 aliphatic carbocycles. The molecular formula is C3H4N2NaO3S-. The van der Waals surface area contributed by atoms with Gasteiger partial charge in [0.2, 0.25) is 0 Å². The van der Waals surface area contributed by atoms with Crippen LogP contribution < -0.4 is 33.7 Å². The van der Waals surface area contributed by atoms with E-state index >= 15 is 0 Å². The van der Waals surface area contributed by atoms with Crippen molar-refractivity contribution in [2.45, 2.75) is 0 Å². The maximum absolute atomic E-state index is 9.78. The minimum absolute atomic E-state index is 0. The number of nitrogens with one attached hydrogen (secondary N) is 1. The molecule has 1 aromatic rings. The van der Waals surface area contributed by atoms with Crippen LogP contribution in [-0.2, 0) is 11.4 Å². The van der Waals surface area contributed by atoms with Crippen molar-refractivity contribution in [3.63, 3.8) is 0 Å². The van der Waals surface area contributed by atoms with Gasteiger partial charge in [0.05, 0.1) is 0 Å². The van der Waals surface area contributed by atoms with Crippen molar-refractivity contribution < 1.29 is 43.9 Å². The van der Waals surface area contributed by atoms with Crippen LogP contribution in [0.5, 0.6) is 6.01 Å². The van der Waals surface area contributed by atoms with Gasteiger partial charge in [-0.3, -0.25) is 0 Å². The Morgan fingerprint density at radius 3 is 3.00 bits per heavy atom. The van der Waals surface area contributed by atoms with Crippen LogP contribution in [0.2, 0.25) is 0 Å². The molecule has 0 fully saturated rings. The van der Waals surface area contributed by atoms with Crippen molar-refractivity contribution in [2.24, 2.45) is 0 Å². The SMILES string of the molecule is O=S([O-])Oc1ncc[nH]1.[H-].[Na+]. The van der Waals surface area contributed by atoms with E-state index in [0.717, 1.165) is 0 Å². The third-order valence-corrected chi connectivity index (χ3v) is 0.914. The Morgan fingerprint density at radius 2 is 2.60 bits per heavy atom. The number of hydrogen-bond donors (Lipinski definition) is 1. The first-order chi connectivity index (χ1) is 4.29. The number of imidazole rings is 1. The normalized spacial score (nSPS) is 11.7. The van der Waals surface area contributed by atoms with E-state index in [1.165, 1.54) is 12.4 Å². The van der Waals surface area contributed by atoms with Gasteiger partial charge in [-0.1, -0.05) is 0 Å². The molecule has 0 saturated heterocycles. The molecule has 0 aliphatic heterocycles. The Morgan fingerprint density at radius 1 is 1.90 bits per heavy atom. The van der Waals surface area contributed by atoms with E-state index in [1.54, 1.807) is 0 Å². The molecule has 0 radical (unpaired) electrons. The fraction of sp³-hybridized carbons (Fsp3) is 0. The molecule has 0 saturated carbocycles. The maximum atomic E-state index is 9.78. The first kappa shape index (κ1) is 10.1. The molecule has 7 heteroatoms. The molecule has 52 valence electrons. The zero-order chi connectivity index (χ0) is 6.69. The van der Waals surface area contributed by atoms with Crippen molar-refractivity contribution >= 4 is 11.4 Å². The molecule has 1 heterocycles. The molecule has 1 unspecified atom stereocenters. The van der Waals surface area contributed by atoms with Gasteiger partial charge in [-0.15, -0.1) is 0 Å². The van der Waals surface area contributed by atoms with E-state index < -0.39 is 11.4 Å². The molecule has 1 aromatic heterocycles.